The number of morpholine rings is 1. The van der Waals surface area contributed by atoms with Gasteiger partial charge in [0.15, 0.2) is 0 Å². The molecule has 0 spiro atoms. The maximum absolute atomic E-state index is 13.4. The SMILES string of the molecule is Cc1cccc(Cn2c(C(=O)NCCN3CCOCC3)cc3cc(NC(=O)CCc4ccccc4)ccc32)c1. The summed E-state index contributed by atoms with van der Waals surface area (Å²) < 4.78 is 7.48. The van der Waals surface area contributed by atoms with Crippen LogP contribution in [0.3, 0.4) is 0 Å². The van der Waals surface area contributed by atoms with Gasteiger partial charge in [-0.15, -0.1) is 0 Å². The van der Waals surface area contributed by atoms with Crippen LogP contribution in [0.5, 0.6) is 0 Å². The number of fused-ring (bicyclic) bond motifs is 1. The van der Waals surface area contributed by atoms with Crippen molar-refractivity contribution in [1.29, 1.82) is 0 Å². The Morgan fingerprint density at radius 1 is 0.897 bits per heavy atom. The van der Waals surface area contributed by atoms with Crippen LogP contribution in [-0.4, -0.2) is 60.7 Å². The number of hydrogen-bond acceptors (Lipinski definition) is 4. The van der Waals surface area contributed by atoms with Crippen LogP contribution in [0, 0.1) is 6.92 Å². The lowest BCUT2D eigenvalue weighted by Crippen LogP contribution is -2.41. The third-order valence-corrected chi connectivity index (χ3v) is 7.14. The van der Waals surface area contributed by atoms with E-state index in [9.17, 15) is 9.59 Å². The molecule has 1 aliphatic rings. The minimum absolute atomic E-state index is 0.0292. The molecule has 5 rings (SSSR count). The summed E-state index contributed by atoms with van der Waals surface area (Å²) in [4.78, 5) is 28.3. The molecule has 4 aromatic rings. The van der Waals surface area contributed by atoms with Crippen molar-refractivity contribution in [2.75, 3.05) is 44.7 Å². The average molecular weight is 525 g/mol. The van der Waals surface area contributed by atoms with Gasteiger partial charge in [0.25, 0.3) is 5.91 Å². The standard InChI is InChI=1S/C32H36N4O3/c1-24-6-5-9-26(20-24)23-36-29-12-11-28(34-31(37)13-10-25-7-3-2-4-8-25)21-27(29)22-30(36)32(38)33-14-15-35-16-18-39-19-17-35/h2-9,11-12,20-22H,10,13-19,23H2,1H3,(H,33,38)(H,34,37). The number of carbonyl (C=O) groups excluding carboxylic acids is 2. The van der Waals surface area contributed by atoms with Gasteiger partial charge < -0.3 is 19.9 Å². The first-order chi connectivity index (χ1) is 19.0. The van der Waals surface area contributed by atoms with E-state index in [0.717, 1.165) is 60.6 Å². The zero-order valence-corrected chi connectivity index (χ0v) is 22.5. The third kappa shape index (κ3) is 7.13. The number of carbonyl (C=O) groups is 2. The van der Waals surface area contributed by atoms with Crippen LogP contribution in [0.1, 0.15) is 33.6 Å². The molecule has 0 radical (unpaired) electrons. The maximum atomic E-state index is 13.4. The first-order valence-electron chi connectivity index (χ1n) is 13.7. The van der Waals surface area contributed by atoms with Crippen LogP contribution in [-0.2, 0) is 22.5 Å². The Kier molecular flexibility index (Phi) is 8.71. The van der Waals surface area contributed by atoms with Crippen LogP contribution in [0.25, 0.3) is 10.9 Å². The largest absolute Gasteiger partial charge is 0.379 e. The number of amides is 2. The highest BCUT2D eigenvalue weighted by Gasteiger charge is 2.18. The van der Waals surface area contributed by atoms with E-state index >= 15 is 0 Å². The fraction of sp³-hybridized carbons (Fsp3) is 0.312. The molecule has 0 saturated carbocycles. The van der Waals surface area contributed by atoms with E-state index in [1.807, 2.05) is 60.7 Å². The van der Waals surface area contributed by atoms with Crippen molar-refractivity contribution >= 4 is 28.4 Å². The lowest BCUT2D eigenvalue weighted by atomic mass is 10.1. The summed E-state index contributed by atoms with van der Waals surface area (Å²) in [5.74, 6) is -0.126. The Labute approximate surface area is 229 Å². The van der Waals surface area contributed by atoms with Crippen molar-refractivity contribution in [3.8, 4) is 0 Å². The van der Waals surface area contributed by atoms with Crippen LogP contribution >= 0.6 is 0 Å². The molecule has 1 saturated heterocycles. The van der Waals surface area contributed by atoms with E-state index in [1.165, 1.54) is 5.56 Å². The summed E-state index contributed by atoms with van der Waals surface area (Å²) in [7, 11) is 0. The van der Waals surface area contributed by atoms with E-state index in [1.54, 1.807) is 0 Å². The molecule has 3 aromatic carbocycles. The molecule has 39 heavy (non-hydrogen) atoms. The zero-order valence-electron chi connectivity index (χ0n) is 22.5. The van der Waals surface area contributed by atoms with E-state index in [-0.39, 0.29) is 11.8 Å². The number of ether oxygens (including phenoxy) is 1. The molecule has 0 bridgehead atoms. The molecule has 0 atom stereocenters. The van der Waals surface area contributed by atoms with Gasteiger partial charge >= 0.3 is 0 Å². The number of rotatable bonds is 10. The fourth-order valence-corrected chi connectivity index (χ4v) is 5.07. The molecule has 202 valence electrons. The van der Waals surface area contributed by atoms with Crippen molar-refractivity contribution < 1.29 is 14.3 Å². The van der Waals surface area contributed by atoms with Crippen molar-refractivity contribution in [2.24, 2.45) is 0 Å². The second-order valence-electron chi connectivity index (χ2n) is 10.1. The number of anilines is 1. The highest BCUT2D eigenvalue weighted by atomic mass is 16.5. The molecular weight excluding hydrogens is 488 g/mol. The molecule has 1 fully saturated rings. The maximum Gasteiger partial charge on any atom is 0.267 e. The Morgan fingerprint density at radius 3 is 2.49 bits per heavy atom. The normalized spacial score (nSPS) is 13.9. The number of nitrogens with one attached hydrogen (secondary N) is 2. The number of aromatic nitrogens is 1. The second-order valence-corrected chi connectivity index (χ2v) is 10.1. The van der Waals surface area contributed by atoms with Gasteiger partial charge in [0.05, 0.1) is 13.2 Å². The molecule has 0 unspecified atom stereocenters. The fourth-order valence-electron chi connectivity index (χ4n) is 5.07. The molecule has 2 heterocycles. The van der Waals surface area contributed by atoms with Gasteiger partial charge in [-0.2, -0.15) is 0 Å². The minimum Gasteiger partial charge on any atom is -0.379 e. The van der Waals surface area contributed by atoms with Crippen LogP contribution < -0.4 is 10.6 Å². The third-order valence-electron chi connectivity index (χ3n) is 7.14. The van der Waals surface area contributed by atoms with Crippen LogP contribution in [0.15, 0.2) is 78.9 Å². The number of benzene rings is 3. The molecule has 2 N–H and O–H groups in total. The van der Waals surface area contributed by atoms with Crippen LogP contribution in [0.2, 0.25) is 0 Å². The topological polar surface area (TPSA) is 75.6 Å². The van der Waals surface area contributed by atoms with Crippen molar-refractivity contribution in [2.45, 2.75) is 26.3 Å². The summed E-state index contributed by atoms with van der Waals surface area (Å²) >= 11 is 0. The molecular formula is C32H36N4O3. The molecule has 7 heteroatoms. The molecule has 2 amide bonds. The summed E-state index contributed by atoms with van der Waals surface area (Å²) in [5.41, 5.74) is 5.75. The summed E-state index contributed by atoms with van der Waals surface area (Å²) in [6, 6.07) is 26.1. The molecule has 7 nitrogen and oxygen atoms in total. The second kappa shape index (κ2) is 12.7. The number of nitrogens with zero attached hydrogens (tertiary/aromatic N) is 2. The van der Waals surface area contributed by atoms with Gasteiger partial charge in [0.2, 0.25) is 5.91 Å². The zero-order chi connectivity index (χ0) is 27.0. The predicted octanol–water partition coefficient (Wildman–Crippen LogP) is 4.63. The molecule has 1 aromatic heterocycles. The minimum atomic E-state index is -0.0967. The number of aryl methyl sites for hydroxylation is 2. The smallest absolute Gasteiger partial charge is 0.267 e. The Balaban J connectivity index is 1.33. The van der Waals surface area contributed by atoms with E-state index < -0.39 is 0 Å². The van der Waals surface area contributed by atoms with Crippen molar-refractivity contribution in [3.63, 3.8) is 0 Å². The first kappa shape index (κ1) is 26.7. The summed E-state index contributed by atoms with van der Waals surface area (Å²) in [6.07, 6.45) is 1.10. The Bertz CT molecular complexity index is 1420. The van der Waals surface area contributed by atoms with Crippen molar-refractivity contribution in [1.82, 2.24) is 14.8 Å². The predicted molar refractivity (Wildman–Crippen MR) is 155 cm³/mol. The highest BCUT2D eigenvalue weighted by Crippen LogP contribution is 2.25. The van der Waals surface area contributed by atoms with Gasteiger partial charge in [-0.25, -0.2) is 0 Å². The Morgan fingerprint density at radius 2 is 1.69 bits per heavy atom. The first-order valence-corrected chi connectivity index (χ1v) is 13.7. The lowest BCUT2D eigenvalue weighted by molar-refractivity contribution is -0.116. The molecule has 1 aliphatic heterocycles. The summed E-state index contributed by atoms with van der Waals surface area (Å²) in [6.45, 7) is 7.30. The van der Waals surface area contributed by atoms with Gasteiger partial charge in [0, 0.05) is 55.7 Å². The van der Waals surface area contributed by atoms with Gasteiger partial charge in [-0.05, 0) is 48.7 Å². The monoisotopic (exact) mass is 524 g/mol. The quantitative estimate of drug-likeness (QED) is 0.317. The average Bonchev–Trinajstić information content (AvgIpc) is 3.30. The van der Waals surface area contributed by atoms with E-state index in [4.69, 9.17) is 4.74 Å². The van der Waals surface area contributed by atoms with E-state index in [2.05, 4.69) is 45.2 Å². The Hall–Kier alpha value is -3.94. The molecule has 0 aliphatic carbocycles. The van der Waals surface area contributed by atoms with Crippen molar-refractivity contribution in [3.05, 3.63) is 101 Å². The lowest BCUT2D eigenvalue weighted by Gasteiger charge is -2.26. The van der Waals surface area contributed by atoms with Gasteiger partial charge in [-0.1, -0.05) is 60.2 Å². The van der Waals surface area contributed by atoms with Gasteiger partial charge in [0.1, 0.15) is 5.69 Å². The highest BCUT2D eigenvalue weighted by molar-refractivity contribution is 6.00. The number of hydrogen-bond donors (Lipinski definition) is 2. The van der Waals surface area contributed by atoms with Crippen LogP contribution in [0.4, 0.5) is 5.69 Å². The van der Waals surface area contributed by atoms with E-state index in [0.29, 0.717) is 31.6 Å². The summed E-state index contributed by atoms with van der Waals surface area (Å²) in [5, 5.41) is 7.06. The van der Waals surface area contributed by atoms with Gasteiger partial charge in [-0.3, -0.25) is 14.5 Å².